The molecule has 2 amide bonds. The maximum atomic E-state index is 12.6. The van der Waals surface area contributed by atoms with E-state index in [4.69, 9.17) is 9.47 Å². The number of hydrogen-bond donors (Lipinski definition) is 1. The Labute approximate surface area is 168 Å². The molecule has 0 atom stereocenters. The molecule has 1 aliphatic carbocycles. The average Bonchev–Trinajstić information content (AvgIpc) is 3.18. The molecule has 4 rings (SSSR count). The lowest BCUT2D eigenvalue weighted by molar-refractivity contribution is -0.137. The summed E-state index contributed by atoms with van der Waals surface area (Å²) in [6, 6.07) is 7.14. The van der Waals surface area contributed by atoms with Gasteiger partial charge in [-0.2, -0.15) is 0 Å². The number of carbonyl (C=O) groups is 2. The van der Waals surface area contributed by atoms with E-state index in [9.17, 15) is 9.59 Å². The Balaban J connectivity index is 1.31. The number of thiophene rings is 1. The number of benzene rings is 1. The molecule has 6 nitrogen and oxygen atoms in total. The standard InChI is InChI=1S/C21H24N2O4S/c24-19(23-9-11-26-12-10-23)13-27-17-7-5-16(6-8-17)22-21(25)20-18-4-2-1-3-15(18)14-28-20/h5-8,14H,1-4,9-13H2,(H,22,25). The second-order valence-electron chi connectivity index (χ2n) is 7.04. The van der Waals surface area contributed by atoms with Crippen molar-refractivity contribution in [3.63, 3.8) is 0 Å². The predicted octanol–water partition coefficient (Wildman–Crippen LogP) is 3.12. The minimum absolute atomic E-state index is 0.00698. The van der Waals surface area contributed by atoms with E-state index in [1.807, 2.05) is 0 Å². The summed E-state index contributed by atoms with van der Waals surface area (Å²) in [7, 11) is 0. The second-order valence-corrected chi connectivity index (χ2v) is 7.92. The lowest BCUT2D eigenvalue weighted by Crippen LogP contribution is -2.42. The number of carbonyl (C=O) groups excluding carboxylic acids is 2. The summed E-state index contributed by atoms with van der Waals surface area (Å²) in [5, 5.41) is 5.08. The number of nitrogens with one attached hydrogen (secondary N) is 1. The summed E-state index contributed by atoms with van der Waals surface area (Å²) in [6.45, 7) is 2.38. The Bertz CT molecular complexity index is 841. The van der Waals surface area contributed by atoms with Crippen molar-refractivity contribution < 1.29 is 19.1 Å². The summed E-state index contributed by atoms with van der Waals surface area (Å²) in [6.07, 6.45) is 4.43. The number of hydrogen-bond acceptors (Lipinski definition) is 5. The Morgan fingerprint density at radius 3 is 2.64 bits per heavy atom. The summed E-state index contributed by atoms with van der Waals surface area (Å²) in [5.41, 5.74) is 3.26. The molecular weight excluding hydrogens is 376 g/mol. The molecule has 0 saturated carbocycles. The highest BCUT2D eigenvalue weighted by Crippen LogP contribution is 2.30. The van der Waals surface area contributed by atoms with Crippen LogP contribution >= 0.6 is 11.3 Å². The van der Waals surface area contributed by atoms with E-state index in [1.165, 1.54) is 28.9 Å². The molecule has 2 heterocycles. The molecule has 1 N–H and O–H groups in total. The number of morpholine rings is 1. The van der Waals surface area contributed by atoms with Crippen molar-refractivity contribution in [3.8, 4) is 5.75 Å². The van der Waals surface area contributed by atoms with E-state index in [2.05, 4.69) is 10.7 Å². The van der Waals surface area contributed by atoms with Crippen molar-refractivity contribution in [2.75, 3.05) is 38.2 Å². The first-order valence-electron chi connectivity index (χ1n) is 9.69. The van der Waals surface area contributed by atoms with Crippen molar-refractivity contribution in [2.24, 2.45) is 0 Å². The smallest absolute Gasteiger partial charge is 0.266 e. The highest BCUT2D eigenvalue weighted by atomic mass is 32.1. The number of ether oxygens (including phenoxy) is 2. The van der Waals surface area contributed by atoms with E-state index < -0.39 is 0 Å². The minimum atomic E-state index is -0.0516. The van der Waals surface area contributed by atoms with Gasteiger partial charge in [-0.15, -0.1) is 11.3 Å². The minimum Gasteiger partial charge on any atom is -0.484 e. The number of amides is 2. The molecule has 148 valence electrons. The molecule has 0 spiro atoms. The number of nitrogens with zero attached hydrogens (tertiary/aromatic N) is 1. The fourth-order valence-corrected chi connectivity index (χ4v) is 4.64. The fraction of sp³-hybridized carbons (Fsp3) is 0.429. The summed E-state index contributed by atoms with van der Waals surface area (Å²) in [4.78, 5) is 27.3. The molecule has 1 aromatic carbocycles. The molecule has 1 aliphatic heterocycles. The van der Waals surface area contributed by atoms with Crippen LogP contribution < -0.4 is 10.1 Å². The van der Waals surface area contributed by atoms with Crippen LogP contribution in [0, 0.1) is 0 Å². The molecule has 0 radical (unpaired) electrons. The van der Waals surface area contributed by atoms with Crippen LogP contribution in [0.3, 0.4) is 0 Å². The molecule has 1 saturated heterocycles. The van der Waals surface area contributed by atoms with Crippen LogP contribution in [0.1, 0.15) is 33.6 Å². The van der Waals surface area contributed by atoms with Gasteiger partial charge in [0.15, 0.2) is 6.61 Å². The average molecular weight is 401 g/mol. The van der Waals surface area contributed by atoms with Crippen LogP contribution in [0.5, 0.6) is 5.75 Å². The normalized spacial score (nSPS) is 16.4. The summed E-state index contributed by atoms with van der Waals surface area (Å²) < 4.78 is 10.8. The van der Waals surface area contributed by atoms with Crippen LogP contribution in [-0.4, -0.2) is 49.6 Å². The molecular formula is C21H24N2O4S. The van der Waals surface area contributed by atoms with Crippen molar-refractivity contribution in [1.29, 1.82) is 0 Å². The fourth-order valence-electron chi connectivity index (χ4n) is 3.58. The maximum Gasteiger partial charge on any atom is 0.266 e. The molecule has 0 bridgehead atoms. The molecule has 1 aromatic heterocycles. The lowest BCUT2D eigenvalue weighted by atomic mass is 9.94. The van der Waals surface area contributed by atoms with Gasteiger partial charge in [0.05, 0.1) is 18.1 Å². The van der Waals surface area contributed by atoms with Gasteiger partial charge in [0, 0.05) is 18.8 Å². The first kappa shape index (κ1) is 19.0. The van der Waals surface area contributed by atoms with Crippen LogP contribution in [-0.2, 0) is 22.4 Å². The van der Waals surface area contributed by atoms with E-state index in [1.54, 1.807) is 29.2 Å². The summed E-state index contributed by atoms with van der Waals surface area (Å²) >= 11 is 1.53. The second kappa shape index (κ2) is 8.75. The Hall–Kier alpha value is -2.38. The zero-order chi connectivity index (χ0) is 19.3. The number of rotatable bonds is 5. The molecule has 2 aliphatic rings. The van der Waals surface area contributed by atoms with Crippen molar-refractivity contribution in [3.05, 3.63) is 45.6 Å². The highest BCUT2D eigenvalue weighted by Gasteiger charge is 2.20. The molecule has 7 heteroatoms. The van der Waals surface area contributed by atoms with E-state index in [0.29, 0.717) is 32.1 Å². The van der Waals surface area contributed by atoms with Gasteiger partial charge in [-0.25, -0.2) is 0 Å². The first-order chi connectivity index (χ1) is 13.7. The Morgan fingerprint density at radius 1 is 1.11 bits per heavy atom. The largest absolute Gasteiger partial charge is 0.484 e. The van der Waals surface area contributed by atoms with Gasteiger partial charge in [0.1, 0.15) is 5.75 Å². The van der Waals surface area contributed by atoms with Gasteiger partial charge in [0.25, 0.3) is 11.8 Å². The van der Waals surface area contributed by atoms with Crippen molar-refractivity contribution in [1.82, 2.24) is 4.90 Å². The zero-order valence-corrected chi connectivity index (χ0v) is 16.6. The van der Waals surface area contributed by atoms with E-state index >= 15 is 0 Å². The highest BCUT2D eigenvalue weighted by molar-refractivity contribution is 7.12. The monoisotopic (exact) mass is 400 g/mol. The molecule has 0 unspecified atom stereocenters. The van der Waals surface area contributed by atoms with Gasteiger partial charge in [0.2, 0.25) is 0 Å². The Kier molecular flexibility index (Phi) is 5.92. The molecule has 28 heavy (non-hydrogen) atoms. The van der Waals surface area contributed by atoms with Crippen LogP contribution in [0.15, 0.2) is 29.6 Å². The lowest BCUT2D eigenvalue weighted by Gasteiger charge is -2.26. The van der Waals surface area contributed by atoms with Gasteiger partial charge >= 0.3 is 0 Å². The van der Waals surface area contributed by atoms with Gasteiger partial charge in [-0.1, -0.05) is 0 Å². The van der Waals surface area contributed by atoms with Crippen LogP contribution in [0.2, 0.25) is 0 Å². The van der Waals surface area contributed by atoms with E-state index in [0.717, 1.165) is 29.8 Å². The van der Waals surface area contributed by atoms with E-state index in [-0.39, 0.29) is 18.4 Å². The first-order valence-corrected chi connectivity index (χ1v) is 10.6. The van der Waals surface area contributed by atoms with Crippen molar-refractivity contribution in [2.45, 2.75) is 25.7 Å². The van der Waals surface area contributed by atoms with Gasteiger partial charge < -0.3 is 19.7 Å². The third kappa shape index (κ3) is 4.36. The predicted molar refractivity (Wildman–Crippen MR) is 108 cm³/mol. The third-order valence-corrected chi connectivity index (χ3v) is 6.22. The maximum absolute atomic E-state index is 12.6. The molecule has 2 aromatic rings. The zero-order valence-electron chi connectivity index (χ0n) is 15.7. The van der Waals surface area contributed by atoms with Crippen LogP contribution in [0.25, 0.3) is 0 Å². The number of fused-ring (bicyclic) bond motifs is 1. The van der Waals surface area contributed by atoms with Crippen LogP contribution in [0.4, 0.5) is 5.69 Å². The quantitative estimate of drug-likeness (QED) is 0.837. The third-order valence-electron chi connectivity index (χ3n) is 5.15. The number of aryl methyl sites for hydroxylation is 1. The SMILES string of the molecule is O=C(Nc1ccc(OCC(=O)N2CCOCC2)cc1)c1scc2c1CCCC2. The molecule has 1 fully saturated rings. The Morgan fingerprint density at radius 2 is 1.86 bits per heavy atom. The summed E-state index contributed by atoms with van der Waals surface area (Å²) in [5.74, 6) is 0.514. The number of anilines is 1. The van der Waals surface area contributed by atoms with Gasteiger partial charge in [-0.05, 0) is 66.5 Å². The topological polar surface area (TPSA) is 67.9 Å². The van der Waals surface area contributed by atoms with Crippen molar-refractivity contribution >= 4 is 28.8 Å². The van der Waals surface area contributed by atoms with Gasteiger partial charge in [-0.3, -0.25) is 9.59 Å².